The first-order valence-corrected chi connectivity index (χ1v) is 10.2. The molecule has 0 aliphatic carbocycles. The first-order chi connectivity index (χ1) is 13.9. The molecule has 4 rings (SSSR count). The van der Waals surface area contributed by atoms with Crippen molar-refractivity contribution in [1.29, 1.82) is 0 Å². The number of halogens is 3. The van der Waals surface area contributed by atoms with E-state index in [0.717, 1.165) is 0 Å². The Kier molecular flexibility index (Phi) is 4.93. The molecule has 0 unspecified atom stereocenters. The number of sulfonamides is 1. The lowest BCUT2D eigenvalue weighted by Gasteiger charge is -2.24. The lowest BCUT2D eigenvalue weighted by atomic mass is 10.0. The third-order valence-electron chi connectivity index (χ3n) is 4.25. The third-order valence-corrected chi connectivity index (χ3v) is 6.02. The Morgan fingerprint density at radius 1 is 1.00 bits per heavy atom. The summed E-state index contributed by atoms with van der Waals surface area (Å²) in [6.45, 7) is -0.185. The highest BCUT2D eigenvalue weighted by molar-refractivity contribution is 7.90. The predicted octanol–water partition coefficient (Wildman–Crippen LogP) is 3.94. The number of rotatable bonds is 3. The SMILES string of the molecule is O=S1(=O)NC(=NCc2ncccc2F)Nc2c(-c3cccc(F)c3Cl)cccc21. The minimum Gasteiger partial charge on any atom is -0.324 e. The van der Waals surface area contributed by atoms with Crippen LogP contribution in [0.4, 0.5) is 14.5 Å². The van der Waals surface area contributed by atoms with E-state index in [-0.39, 0.29) is 33.8 Å². The third kappa shape index (κ3) is 3.66. The topological polar surface area (TPSA) is 83.5 Å². The van der Waals surface area contributed by atoms with E-state index >= 15 is 0 Å². The van der Waals surface area contributed by atoms with Gasteiger partial charge in [0.25, 0.3) is 10.0 Å². The first-order valence-electron chi connectivity index (χ1n) is 8.38. The van der Waals surface area contributed by atoms with Gasteiger partial charge in [-0.15, -0.1) is 0 Å². The summed E-state index contributed by atoms with van der Waals surface area (Å²) in [4.78, 5) is 7.93. The van der Waals surface area contributed by atoms with Crippen molar-refractivity contribution in [2.24, 2.45) is 4.99 Å². The molecule has 1 aliphatic heterocycles. The van der Waals surface area contributed by atoms with Gasteiger partial charge < -0.3 is 5.32 Å². The molecule has 0 bridgehead atoms. The van der Waals surface area contributed by atoms with E-state index in [1.165, 1.54) is 42.6 Å². The molecule has 1 aromatic heterocycles. The van der Waals surface area contributed by atoms with Crippen LogP contribution in [0.5, 0.6) is 0 Å². The molecule has 2 aromatic carbocycles. The molecule has 0 radical (unpaired) electrons. The fraction of sp³-hybridized carbons (Fsp3) is 0.0526. The predicted molar refractivity (Wildman–Crippen MR) is 106 cm³/mol. The highest BCUT2D eigenvalue weighted by Gasteiger charge is 2.29. The number of benzene rings is 2. The molecule has 6 nitrogen and oxygen atoms in total. The minimum absolute atomic E-state index is 0.0432. The monoisotopic (exact) mass is 434 g/mol. The maximum absolute atomic E-state index is 13.9. The summed E-state index contributed by atoms with van der Waals surface area (Å²) in [5, 5.41) is 2.75. The molecule has 0 spiro atoms. The highest BCUT2D eigenvalue weighted by Crippen LogP contribution is 2.39. The molecule has 0 atom stereocenters. The van der Waals surface area contributed by atoms with Crippen molar-refractivity contribution < 1.29 is 17.2 Å². The van der Waals surface area contributed by atoms with Gasteiger partial charge in [-0.3, -0.25) is 4.98 Å². The molecule has 0 saturated heterocycles. The first kappa shape index (κ1) is 19.3. The minimum atomic E-state index is -3.95. The van der Waals surface area contributed by atoms with E-state index in [4.69, 9.17) is 11.6 Å². The summed E-state index contributed by atoms with van der Waals surface area (Å²) in [7, 11) is -3.95. The highest BCUT2D eigenvalue weighted by atomic mass is 35.5. The quantitative estimate of drug-likeness (QED) is 0.654. The molecule has 0 saturated carbocycles. The number of hydrogen-bond acceptors (Lipinski definition) is 4. The Hall–Kier alpha value is -3.04. The molecule has 0 fully saturated rings. The normalized spacial score (nSPS) is 16.0. The van der Waals surface area contributed by atoms with Gasteiger partial charge in [-0.05, 0) is 24.3 Å². The number of anilines is 1. The van der Waals surface area contributed by atoms with Crippen LogP contribution >= 0.6 is 11.6 Å². The summed E-state index contributed by atoms with van der Waals surface area (Å²) < 4.78 is 55.3. The van der Waals surface area contributed by atoms with Crippen molar-refractivity contribution in [3.05, 3.63) is 77.1 Å². The van der Waals surface area contributed by atoms with Gasteiger partial charge >= 0.3 is 0 Å². The van der Waals surface area contributed by atoms with Gasteiger partial charge in [-0.25, -0.2) is 26.9 Å². The molecule has 2 heterocycles. The number of pyridine rings is 1. The largest absolute Gasteiger partial charge is 0.324 e. The maximum atomic E-state index is 13.9. The van der Waals surface area contributed by atoms with E-state index in [0.29, 0.717) is 11.1 Å². The number of fused-ring (bicyclic) bond motifs is 1. The summed E-state index contributed by atoms with van der Waals surface area (Å²) >= 11 is 6.09. The molecule has 10 heteroatoms. The van der Waals surface area contributed by atoms with Crippen LogP contribution in [-0.4, -0.2) is 19.4 Å². The van der Waals surface area contributed by atoms with E-state index in [1.807, 2.05) is 0 Å². The second kappa shape index (κ2) is 7.41. The lowest BCUT2D eigenvalue weighted by molar-refractivity contribution is 0.591. The van der Waals surface area contributed by atoms with Crippen LogP contribution in [0.15, 0.2) is 64.6 Å². The van der Waals surface area contributed by atoms with Gasteiger partial charge in [-0.2, -0.15) is 0 Å². The zero-order valence-electron chi connectivity index (χ0n) is 14.7. The molecular formula is C19H13ClF2N4O2S. The van der Waals surface area contributed by atoms with Crippen LogP contribution in [0.3, 0.4) is 0 Å². The maximum Gasteiger partial charge on any atom is 0.266 e. The molecule has 3 aromatic rings. The van der Waals surface area contributed by atoms with Gasteiger partial charge in [0.1, 0.15) is 16.5 Å². The summed E-state index contributed by atoms with van der Waals surface area (Å²) in [5.41, 5.74) is 0.962. The Morgan fingerprint density at radius 3 is 2.52 bits per heavy atom. The number of guanidine groups is 1. The molecule has 2 N–H and O–H groups in total. The smallest absolute Gasteiger partial charge is 0.266 e. The van der Waals surface area contributed by atoms with Gasteiger partial charge in [-0.1, -0.05) is 35.9 Å². The van der Waals surface area contributed by atoms with Crippen LogP contribution < -0.4 is 10.0 Å². The van der Waals surface area contributed by atoms with Crippen LogP contribution in [0, 0.1) is 11.6 Å². The number of nitrogens with one attached hydrogen (secondary N) is 2. The van der Waals surface area contributed by atoms with E-state index < -0.39 is 21.7 Å². The average Bonchev–Trinajstić information content (AvgIpc) is 2.69. The Balaban J connectivity index is 1.79. The van der Waals surface area contributed by atoms with Crippen molar-refractivity contribution >= 4 is 33.3 Å². The van der Waals surface area contributed by atoms with Gasteiger partial charge in [0.05, 0.1) is 22.9 Å². The molecule has 29 heavy (non-hydrogen) atoms. The van der Waals surface area contributed by atoms with Crippen LogP contribution in [0.1, 0.15) is 5.69 Å². The molecule has 0 amide bonds. The second-order valence-corrected chi connectivity index (χ2v) is 8.14. The fourth-order valence-corrected chi connectivity index (χ4v) is 4.30. The van der Waals surface area contributed by atoms with Crippen LogP contribution in [0.2, 0.25) is 5.02 Å². The van der Waals surface area contributed by atoms with E-state index in [1.54, 1.807) is 12.1 Å². The van der Waals surface area contributed by atoms with Crippen molar-refractivity contribution in [3.63, 3.8) is 0 Å². The van der Waals surface area contributed by atoms with Crippen molar-refractivity contribution in [2.45, 2.75) is 11.4 Å². The average molecular weight is 435 g/mol. The van der Waals surface area contributed by atoms with Gasteiger partial charge in [0.2, 0.25) is 5.96 Å². The van der Waals surface area contributed by atoms with E-state index in [2.05, 4.69) is 20.0 Å². The van der Waals surface area contributed by atoms with Gasteiger partial charge in [0, 0.05) is 17.3 Å². The Labute approximate surface area is 170 Å². The molecular weight excluding hydrogens is 422 g/mol. The number of hydrogen-bond donors (Lipinski definition) is 2. The zero-order chi connectivity index (χ0) is 20.6. The Morgan fingerprint density at radius 2 is 1.72 bits per heavy atom. The Bertz CT molecular complexity index is 1250. The van der Waals surface area contributed by atoms with Gasteiger partial charge in [0.15, 0.2) is 0 Å². The van der Waals surface area contributed by atoms with Crippen LogP contribution in [-0.2, 0) is 16.6 Å². The van der Waals surface area contributed by atoms with Crippen molar-refractivity contribution in [1.82, 2.24) is 9.71 Å². The molecule has 148 valence electrons. The van der Waals surface area contributed by atoms with Crippen molar-refractivity contribution in [2.75, 3.05) is 5.32 Å². The van der Waals surface area contributed by atoms with Crippen molar-refractivity contribution in [3.8, 4) is 11.1 Å². The standard InChI is InChI=1S/C19H13ClF2N4O2S/c20-17-11(4-1-6-14(17)22)12-5-2-8-16-18(12)25-19(26-29(16,27)28)24-10-15-13(21)7-3-9-23-15/h1-9H,10H2,(H2,24,25,26). The molecule has 1 aliphatic rings. The number of para-hydroxylation sites is 1. The number of aliphatic imine (C=N–C) groups is 1. The number of nitrogens with zero attached hydrogens (tertiary/aromatic N) is 2. The van der Waals surface area contributed by atoms with E-state index in [9.17, 15) is 17.2 Å². The summed E-state index contributed by atoms with van der Waals surface area (Å²) in [6, 6.07) is 11.5. The number of aromatic nitrogens is 1. The zero-order valence-corrected chi connectivity index (χ0v) is 16.2. The lowest BCUT2D eigenvalue weighted by Crippen LogP contribution is -2.41. The van der Waals surface area contributed by atoms with Crippen LogP contribution in [0.25, 0.3) is 11.1 Å². The second-order valence-electron chi connectivity index (χ2n) is 6.11. The summed E-state index contributed by atoms with van der Waals surface area (Å²) in [5.74, 6) is -1.29. The summed E-state index contributed by atoms with van der Waals surface area (Å²) in [6.07, 6.45) is 1.41. The fourth-order valence-electron chi connectivity index (χ4n) is 2.91.